The van der Waals surface area contributed by atoms with E-state index in [4.69, 9.17) is 28.2 Å². The first-order valence-corrected chi connectivity index (χ1v) is 11.3. The highest BCUT2D eigenvalue weighted by molar-refractivity contribution is 8.00. The van der Waals surface area contributed by atoms with Crippen LogP contribution in [0.15, 0.2) is 41.3 Å². The van der Waals surface area contributed by atoms with Gasteiger partial charge in [-0.3, -0.25) is 9.69 Å². The van der Waals surface area contributed by atoms with Gasteiger partial charge in [0.2, 0.25) is 5.91 Å². The van der Waals surface area contributed by atoms with Crippen molar-refractivity contribution in [3.8, 4) is 0 Å². The second-order valence-corrected chi connectivity index (χ2v) is 9.50. The minimum atomic E-state index is 0.0228. The van der Waals surface area contributed by atoms with Crippen molar-refractivity contribution < 1.29 is 4.79 Å². The van der Waals surface area contributed by atoms with E-state index in [9.17, 15) is 4.79 Å². The number of benzene rings is 2. The van der Waals surface area contributed by atoms with Gasteiger partial charge in [-0.05, 0) is 56.9 Å². The van der Waals surface area contributed by atoms with Crippen molar-refractivity contribution >= 4 is 67.6 Å². The van der Waals surface area contributed by atoms with Crippen molar-refractivity contribution in [1.29, 1.82) is 0 Å². The van der Waals surface area contributed by atoms with Crippen LogP contribution in [0.5, 0.6) is 0 Å². The van der Waals surface area contributed by atoms with Crippen LogP contribution in [0.25, 0.3) is 10.2 Å². The molecule has 4 nitrogen and oxygen atoms in total. The van der Waals surface area contributed by atoms with Crippen molar-refractivity contribution in [2.45, 2.75) is 11.8 Å². The van der Waals surface area contributed by atoms with Crippen LogP contribution in [0.3, 0.4) is 0 Å². The first-order chi connectivity index (χ1) is 13.3. The van der Waals surface area contributed by atoms with Gasteiger partial charge in [-0.25, -0.2) is 4.98 Å². The van der Waals surface area contributed by atoms with Crippen LogP contribution in [0.4, 0.5) is 5.13 Å². The van der Waals surface area contributed by atoms with E-state index in [0.29, 0.717) is 27.5 Å². The van der Waals surface area contributed by atoms with Crippen LogP contribution in [-0.2, 0) is 4.79 Å². The van der Waals surface area contributed by atoms with Crippen LogP contribution < -0.4 is 4.90 Å². The SMILES string of the molecule is Cc1ccc(Cl)c2sc(N(CCN(C)C)C(=O)CSc3ccc(Cl)cc3)nc12. The molecule has 0 fully saturated rings. The number of hydrogen-bond acceptors (Lipinski definition) is 5. The second kappa shape index (κ2) is 9.46. The highest BCUT2D eigenvalue weighted by Gasteiger charge is 2.21. The third-order valence-corrected chi connectivity index (χ3v) is 6.95. The van der Waals surface area contributed by atoms with Gasteiger partial charge in [0.05, 0.1) is 21.0 Å². The molecule has 0 aliphatic rings. The minimum absolute atomic E-state index is 0.0228. The quantitative estimate of drug-likeness (QED) is 0.436. The lowest BCUT2D eigenvalue weighted by molar-refractivity contribution is -0.116. The number of aryl methyl sites for hydroxylation is 1. The summed E-state index contributed by atoms with van der Waals surface area (Å²) >= 11 is 15.2. The molecule has 1 aromatic heterocycles. The molecule has 1 heterocycles. The molecule has 1 amide bonds. The zero-order valence-corrected chi connectivity index (χ0v) is 19.1. The number of fused-ring (bicyclic) bond motifs is 1. The number of likely N-dealkylation sites (N-methyl/N-ethyl adjacent to an activating group) is 1. The predicted molar refractivity (Wildman–Crippen MR) is 122 cm³/mol. The van der Waals surface area contributed by atoms with Gasteiger partial charge in [0.25, 0.3) is 0 Å². The molecule has 0 aliphatic carbocycles. The van der Waals surface area contributed by atoms with Crippen molar-refractivity contribution in [2.75, 3.05) is 37.8 Å². The number of halogens is 2. The lowest BCUT2D eigenvalue weighted by Gasteiger charge is -2.21. The number of aromatic nitrogens is 1. The molecule has 0 saturated carbocycles. The smallest absolute Gasteiger partial charge is 0.239 e. The summed E-state index contributed by atoms with van der Waals surface area (Å²) in [5.74, 6) is 0.354. The number of thioether (sulfide) groups is 1. The summed E-state index contributed by atoms with van der Waals surface area (Å²) in [6.07, 6.45) is 0. The Morgan fingerprint density at radius 1 is 1.11 bits per heavy atom. The number of carbonyl (C=O) groups is 1. The fraction of sp³-hybridized carbons (Fsp3) is 0.300. The molecule has 0 atom stereocenters. The Kier molecular flexibility index (Phi) is 7.23. The molecule has 0 radical (unpaired) electrons. The van der Waals surface area contributed by atoms with Gasteiger partial charge in [-0.15, -0.1) is 11.8 Å². The molecule has 8 heteroatoms. The van der Waals surface area contributed by atoms with E-state index in [0.717, 1.165) is 27.2 Å². The largest absolute Gasteiger partial charge is 0.308 e. The molecule has 28 heavy (non-hydrogen) atoms. The number of nitrogens with zero attached hydrogens (tertiary/aromatic N) is 3. The zero-order chi connectivity index (χ0) is 20.3. The van der Waals surface area contributed by atoms with Crippen LogP contribution in [-0.4, -0.2) is 48.7 Å². The summed E-state index contributed by atoms with van der Waals surface area (Å²) in [6.45, 7) is 3.33. The van der Waals surface area contributed by atoms with E-state index in [1.54, 1.807) is 4.90 Å². The number of thiazole rings is 1. The highest BCUT2D eigenvalue weighted by Crippen LogP contribution is 2.36. The van der Waals surface area contributed by atoms with Crippen LogP contribution >= 0.6 is 46.3 Å². The summed E-state index contributed by atoms with van der Waals surface area (Å²) < 4.78 is 0.921. The summed E-state index contributed by atoms with van der Waals surface area (Å²) in [5.41, 5.74) is 1.91. The van der Waals surface area contributed by atoms with Crippen molar-refractivity contribution in [3.05, 3.63) is 52.0 Å². The van der Waals surface area contributed by atoms with Crippen LogP contribution in [0, 0.1) is 6.92 Å². The lowest BCUT2D eigenvalue weighted by Crippen LogP contribution is -2.37. The third kappa shape index (κ3) is 5.19. The molecule has 3 rings (SSSR count). The van der Waals surface area contributed by atoms with Gasteiger partial charge in [0.15, 0.2) is 5.13 Å². The van der Waals surface area contributed by atoms with Gasteiger partial charge in [0.1, 0.15) is 0 Å². The molecular weight excluding hydrogens is 433 g/mol. The Bertz CT molecular complexity index is 934. The van der Waals surface area contributed by atoms with E-state index in [2.05, 4.69) is 4.90 Å². The summed E-state index contributed by atoms with van der Waals surface area (Å²) in [4.78, 5) is 22.6. The molecule has 0 saturated heterocycles. The number of anilines is 1. The molecule has 0 bridgehead atoms. The minimum Gasteiger partial charge on any atom is -0.308 e. The van der Waals surface area contributed by atoms with E-state index >= 15 is 0 Å². The Morgan fingerprint density at radius 2 is 1.82 bits per heavy atom. The number of hydrogen-bond donors (Lipinski definition) is 0. The van der Waals surface area contributed by atoms with E-state index in [-0.39, 0.29) is 5.91 Å². The highest BCUT2D eigenvalue weighted by atomic mass is 35.5. The van der Waals surface area contributed by atoms with Crippen molar-refractivity contribution in [2.24, 2.45) is 0 Å². The maximum Gasteiger partial charge on any atom is 0.239 e. The zero-order valence-electron chi connectivity index (χ0n) is 15.9. The topological polar surface area (TPSA) is 36.4 Å². The normalized spacial score (nSPS) is 11.4. The van der Waals surface area contributed by atoms with Crippen molar-refractivity contribution in [1.82, 2.24) is 9.88 Å². The maximum atomic E-state index is 13.0. The summed E-state index contributed by atoms with van der Waals surface area (Å²) in [6, 6.07) is 11.3. The summed E-state index contributed by atoms with van der Waals surface area (Å²) in [5, 5.41) is 2.04. The Balaban J connectivity index is 1.83. The third-order valence-electron chi connectivity index (χ3n) is 4.16. The molecule has 0 aliphatic heterocycles. The van der Waals surface area contributed by atoms with Crippen LogP contribution in [0.2, 0.25) is 10.0 Å². The van der Waals surface area contributed by atoms with Gasteiger partial charge in [0, 0.05) is 23.0 Å². The second-order valence-electron chi connectivity index (χ2n) is 6.63. The molecule has 0 N–H and O–H groups in total. The van der Waals surface area contributed by atoms with Crippen molar-refractivity contribution in [3.63, 3.8) is 0 Å². The monoisotopic (exact) mass is 453 g/mol. The first-order valence-electron chi connectivity index (χ1n) is 8.74. The predicted octanol–water partition coefficient (Wildman–Crippen LogP) is 5.60. The van der Waals surface area contributed by atoms with E-state index in [1.807, 2.05) is 57.4 Å². The van der Waals surface area contributed by atoms with Gasteiger partial charge in [-0.2, -0.15) is 0 Å². The first kappa shape index (κ1) is 21.4. The molecule has 0 spiro atoms. The average Bonchev–Trinajstić information content (AvgIpc) is 3.10. The molecular formula is C20H21Cl2N3OS2. The van der Waals surface area contributed by atoms with Gasteiger partial charge in [-0.1, -0.05) is 40.6 Å². The maximum absolute atomic E-state index is 13.0. The summed E-state index contributed by atoms with van der Waals surface area (Å²) in [7, 11) is 3.98. The molecule has 3 aromatic rings. The number of amides is 1. The van der Waals surface area contributed by atoms with Crippen LogP contribution in [0.1, 0.15) is 5.56 Å². The molecule has 0 unspecified atom stereocenters. The number of carbonyl (C=O) groups excluding carboxylic acids is 1. The molecule has 2 aromatic carbocycles. The Morgan fingerprint density at radius 3 is 2.46 bits per heavy atom. The number of rotatable bonds is 7. The fourth-order valence-corrected chi connectivity index (χ4v) is 4.85. The lowest BCUT2D eigenvalue weighted by atomic mass is 10.2. The van der Waals surface area contributed by atoms with Gasteiger partial charge < -0.3 is 4.90 Å². The average molecular weight is 454 g/mol. The van der Waals surface area contributed by atoms with E-state index < -0.39 is 0 Å². The molecule has 148 valence electrons. The van der Waals surface area contributed by atoms with E-state index in [1.165, 1.54) is 23.1 Å². The Hall–Kier alpha value is -1.31. The fourth-order valence-electron chi connectivity index (χ4n) is 2.59. The Labute approximate surface area is 183 Å². The standard InChI is InChI=1S/C20H21Cl2N3OS2/c1-13-4-9-16(22)19-18(13)23-20(28-19)25(11-10-24(2)3)17(26)12-27-15-7-5-14(21)6-8-15/h4-9H,10-12H2,1-3H3. The van der Waals surface area contributed by atoms with Gasteiger partial charge >= 0.3 is 0 Å².